The molecule has 0 unspecified atom stereocenters. The fraction of sp³-hybridized carbons (Fsp3) is 0.0455. The maximum absolute atomic E-state index is 5.56. The molecule has 0 saturated carbocycles. The first-order valence-corrected chi connectivity index (χ1v) is 7.95. The number of aromatic nitrogens is 1. The first-order chi connectivity index (χ1) is 11.8. The van der Waals surface area contributed by atoms with Gasteiger partial charge in [-0.15, -0.1) is 12.4 Å². The van der Waals surface area contributed by atoms with Gasteiger partial charge in [0.15, 0.2) is 0 Å². The van der Waals surface area contributed by atoms with Crippen molar-refractivity contribution in [2.75, 3.05) is 7.11 Å². The van der Waals surface area contributed by atoms with Crippen LogP contribution in [0.5, 0.6) is 5.75 Å². The van der Waals surface area contributed by atoms with E-state index in [1.165, 1.54) is 11.1 Å². The molecule has 4 aromatic rings. The van der Waals surface area contributed by atoms with E-state index in [0.717, 1.165) is 27.9 Å². The molecule has 0 aliphatic heterocycles. The van der Waals surface area contributed by atoms with Crippen molar-refractivity contribution >= 4 is 23.3 Å². The lowest BCUT2D eigenvalue weighted by Gasteiger charge is -2.10. The number of fused-ring (bicyclic) bond motifs is 1. The summed E-state index contributed by atoms with van der Waals surface area (Å²) in [5.74, 6) is 0.793. The Bertz CT molecular complexity index is 982. The molecule has 1 heterocycles. The molecule has 0 fully saturated rings. The van der Waals surface area contributed by atoms with Crippen LogP contribution in [0.4, 0.5) is 0 Å². The van der Waals surface area contributed by atoms with Crippen LogP contribution in [-0.4, -0.2) is 12.1 Å². The van der Waals surface area contributed by atoms with Crippen LogP contribution >= 0.6 is 12.4 Å². The van der Waals surface area contributed by atoms with Crippen molar-refractivity contribution < 1.29 is 4.74 Å². The second-order valence-corrected chi connectivity index (χ2v) is 5.68. The molecule has 0 spiro atoms. The number of benzene rings is 3. The van der Waals surface area contributed by atoms with Gasteiger partial charge >= 0.3 is 0 Å². The van der Waals surface area contributed by atoms with E-state index in [0.29, 0.717) is 0 Å². The number of hydrogen-bond donors (Lipinski definition) is 0. The lowest BCUT2D eigenvalue weighted by molar-refractivity contribution is 0.415. The van der Waals surface area contributed by atoms with Crippen molar-refractivity contribution in [2.45, 2.75) is 0 Å². The highest BCUT2D eigenvalue weighted by atomic mass is 35.5. The highest BCUT2D eigenvalue weighted by Gasteiger charge is 2.10. The van der Waals surface area contributed by atoms with E-state index in [2.05, 4.69) is 48.5 Å². The van der Waals surface area contributed by atoms with Crippen LogP contribution in [0.15, 0.2) is 84.9 Å². The standard InChI is InChI=1S/C22H17NO.ClH/c1-24-21-15-19-9-5-6-10-20(19)23-22(21)18-13-11-17(12-14-18)16-7-3-2-4-8-16;/h2-15H,1H3;1H. The third kappa shape index (κ3) is 3.35. The average molecular weight is 348 g/mol. The topological polar surface area (TPSA) is 22.1 Å². The lowest BCUT2D eigenvalue weighted by Crippen LogP contribution is -1.92. The van der Waals surface area contributed by atoms with Gasteiger partial charge in [0.25, 0.3) is 0 Å². The number of hydrogen-bond acceptors (Lipinski definition) is 2. The predicted octanol–water partition coefficient (Wildman–Crippen LogP) is 6.00. The molecule has 4 rings (SSSR count). The second kappa shape index (κ2) is 7.37. The molecular formula is C22H18ClNO. The van der Waals surface area contributed by atoms with Gasteiger partial charge in [-0.25, -0.2) is 4.98 Å². The average Bonchev–Trinajstić information content (AvgIpc) is 2.68. The van der Waals surface area contributed by atoms with E-state index in [9.17, 15) is 0 Å². The molecule has 0 aliphatic rings. The molecule has 0 N–H and O–H groups in total. The summed E-state index contributed by atoms with van der Waals surface area (Å²) >= 11 is 0. The fourth-order valence-electron chi connectivity index (χ4n) is 2.91. The smallest absolute Gasteiger partial charge is 0.145 e. The maximum atomic E-state index is 5.56. The van der Waals surface area contributed by atoms with Gasteiger partial charge in [-0.1, -0.05) is 72.8 Å². The van der Waals surface area contributed by atoms with Crippen LogP contribution < -0.4 is 4.74 Å². The minimum Gasteiger partial charge on any atom is -0.494 e. The monoisotopic (exact) mass is 347 g/mol. The Morgan fingerprint density at radius 1 is 0.680 bits per heavy atom. The maximum Gasteiger partial charge on any atom is 0.145 e. The summed E-state index contributed by atoms with van der Waals surface area (Å²) in [5.41, 5.74) is 5.30. The van der Waals surface area contributed by atoms with E-state index in [-0.39, 0.29) is 12.4 Å². The minimum absolute atomic E-state index is 0. The van der Waals surface area contributed by atoms with Gasteiger partial charge in [0, 0.05) is 10.9 Å². The predicted molar refractivity (Wildman–Crippen MR) is 106 cm³/mol. The summed E-state index contributed by atoms with van der Waals surface area (Å²) in [4.78, 5) is 4.79. The Hall–Kier alpha value is -2.84. The van der Waals surface area contributed by atoms with Gasteiger partial charge in [0.1, 0.15) is 11.4 Å². The molecule has 2 nitrogen and oxygen atoms in total. The summed E-state index contributed by atoms with van der Waals surface area (Å²) in [6.07, 6.45) is 0. The van der Waals surface area contributed by atoms with Crippen LogP contribution in [0.3, 0.4) is 0 Å². The molecule has 3 heteroatoms. The third-order valence-electron chi connectivity index (χ3n) is 4.17. The van der Waals surface area contributed by atoms with Crippen LogP contribution in [-0.2, 0) is 0 Å². The van der Waals surface area contributed by atoms with E-state index >= 15 is 0 Å². The van der Waals surface area contributed by atoms with Crippen molar-refractivity contribution in [3.05, 3.63) is 84.9 Å². The summed E-state index contributed by atoms with van der Waals surface area (Å²) in [5, 5.41) is 1.08. The number of pyridine rings is 1. The zero-order valence-corrected chi connectivity index (χ0v) is 14.7. The minimum atomic E-state index is 0. The largest absolute Gasteiger partial charge is 0.494 e. The number of ether oxygens (including phenoxy) is 1. The number of halogens is 1. The van der Waals surface area contributed by atoms with Crippen molar-refractivity contribution in [3.8, 4) is 28.1 Å². The van der Waals surface area contributed by atoms with E-state index in [1.807, 2.05) is 36.4 Å². The van der Waals surface area contributed by atoms with Gasteiger partial charge in [-0.05, 0) is 23.3 Å². The van der Waals surface area contributed by atoms with Crippen molar-refractivity contribution in [3.63, 3.8) is 0 Å². The Labute approximate surface area is 153 Å². The van der Waals surface area contributed by atoms with Crippen molar-refractivity contribution in [2.24, 2.45) is 0 Å². The molecule has 124 valence electrons. The van der Waals surface area contributed by atoms with E-state index in [4.69, 9.17) is 9.72 Å². The zero-order chi connectivity index (χ0) is 16.4. The molecule has 0 aliphatic carbocycles. The van der Waals surface area contributed by atoms with Crippen LogP contribution in [0, 0.1) is 0 Å². The Kier molecular flexibility index (Phi) is 5.01. The summed E-state index contributed by atoms with van der Waals surface area (Å²) in [7, 11) is 1.69. The van der Waals surface area contributed by atoms with Crippen LogP contribution in [0.25, 0.3) is 33.3 Å². The van der Waals surface area contributed by atoms with E-state index in [1.54, 1.807) is 7.11 Å². The summed E-state index contributed by atoms with van der Waals surface area (Å²) in [6.45, 7) is 0. The zero-order valence-electron chi connectivity index (χ0n) is 13.8. The Morgan fingerprint density at radius 2 is 1.28 bits per heavy atom. The summed E-state index contributed by atoms with van der Waals surface area (Å²) in [6, 6.07) is 28.9. The molecule has 0 saturated heterocycles. The number of methoxy groups -OCH3 is 1. The number of nitrogens with zero attached hydrogens (tertiary/aromatic N) is 1. The van der Waals surface area contributed by atoms with Gasteiger partial charge in [0.2, 0.25) is 0 Å². The fourth-order valence-corrected chi connectivity index (χ4v) is 2.91. The van der Waals surface area contributed by atoms with Crippen molar-refractivity contribution in [1.82, 2.24) is 4.98 Å². The Morgan fingerprint density at radius 3 is 2.00 bits per heavy atom. The SMILES string of the molecule is COc1cc2ccccc2nc1-c1ccc(-c2ccccc2)cc1.Cl. The molecule has 0 amide bonds. The number of rotatable bonds is 3. The normalized spacial score (nSPS) is 10.3. The van der Waals surface area contributed by atoms with Crippen LogP contribution in [0.1, 0.15) is 0 Å². The molecule has 0 bridgehead atoms. The second-order valence-electron chi connectivity index (χ2n) is 5.68. The molecule has 3 aromatic carbocycles. The quantitative estimate of drug-likeness (QED) is 0.453. The summed E-state index contributed by atoms with van der Waals surface area (Å²) < 4.78 is 5.56. The molecular weight excluding hydrogens is 330 g/mol. The molecule has 0 radical (unpaired) electrons. The lowest BCUT2D eigenvalue weighted by atomic mass is 10.0. The Balaban J connectivity index is 0.00000182. The van der Waals surface area contributed by atoms with Crippen LogP contribution in [0.2, 0.25) is 0 Å². The van der Waals surface area contributed by atoms with Gasteiger partial charge in [-0.3, -0.25) is 0 Å². The van der Waals surface area contributed by atoms with Crippen molar-refractivity contribution in [1.29, 1.82) is 0 Å². The van der Waals surface area contributed by atoms with Gasteiger partial charge in [-0.2, -0.15) is 0 Å². The highest BCUT2D eigenvalue weighted by Crippen LogP contribution is 2.32. The molecule has 25 heavy (non-hydrogen) atoms. The number of para-hydroxylation sites is 1. The van der Waals surface area contributed by atoms with E-state index < -0.39 is 0 Å². The van der Waals surface area contributed by atoms with Gasteiger partial charge < -0.3 is 4.74 Å². The molecule has 0 atom stereocenters. The highest BCUT2D eigenvalue weighted by molar-refractivity contribution is 5.86. The van der Waals surface area contributed by atoms with Gasteiger partial charge in [0.05, 0.1) is 12.6 Å². The first-order valence-electron chi connectivity index (χ1n) is 7.95. The third-order valence-corrected chi connectivity index (χ3v) is 4.17. The first kappa shape index (κ1) is 17.0. The molecule has 1 aromatic heterocycles.